The molecule has 0 aliphatic heterocycles. The lowest BCUT2D eigenvalue weighted by atomic mass is 10.1. The molecule has 1 atom stereocenters. The van der Waals surface area contributed by atoms with Gasteiger partial charge in [0.05, 0.1) is 13.4 Å². The van der Waals surface area contributed by atoms with E-state index in [-0.39, 0.29) is 11.6 Å². The Kier molecular flexibility index (Phi) is 3.62. The predicted octanol–water partition coefficient (Wildman–Crippen LogP) is 1.95. The molecule has 5 heteroatoms. The Hall–Kier alpha value is -2.30. The molecule has 2 rings (SSSR count). The normalized spacial score (nSPS) is 11.9. The molecule has 0 bridgehead atoms. The summed E-state index contributed by atoms with van der Waals surface area (Å²) in [5, 5.41) is 3.16. The minimum atomic E-state index is -0.172. The van der Waals surface area contributed by atoms with Crippen LogP contribution in [0.5, 0.6) is 5.75 Å². The zero-order chi connectivity index (χ0) is 13.0. The topological polar surface area (TPSA) is 67.0 Å². The van der Waals surface area contributed by atoms with Crippen LogP contribution < -0.4 is 15.6 Å². The van der Waals surface area contributed by atoms with Gasteiger partial charge < -0.3 is 15.0 Å². The Balaban J connectivity index is 2.11. The van der Waals surface area contributed by atoms with Gasteiger partial charge in [0.25, 0.3) is 5.56 Å². The van der Waals surface area contributed by atoms with Crippen LogP contribution in [0.4, 0.5) is 5.82 Å². The van der Waals surface area contributed by atoms with Gasteiger partial charge >= 0.3 is 0 Å². The molecule has 2 aromatic rings. The van der Waals surface area contributed by atoms with Crippen molar-refractivity contribution in [3.8, 4) is 5.75 Å². The highest BCUT2D eigenvalue weighted by Crippen LogP contribution is 2.19. The van der Waals surface area contributed by atoms with Gasteiger partial charge in [0.15, 0.2) is 0 Å². The van der Waals surface area contributed by atoms with E-state index in [9.17, 15) is 4.79 Å². The second kappa shape index (κ2) is 5.35. The molecule has 0 radical (unpaired) electrons. The summed E-state index contributed by atoms with van der Waals surface area (Å²) in [5.41, 5.74) is 0.923. The van der Waals surface area contributed by atoms with Crippen LogP contribution in [-0.4, -0.2) is 17.1 Å². The average Bonchev–Trinajstić information content (AvgIpc) is 2.39. The van der Waals surface area contributed by atoms with Crippen molar-refractivity contribution in [2.24, 2.45) is 0 Å². The van der Waals surface area contributed by atoms with Gasteiger partial charge in [-0.1, -0.05) is 12.1 Å². The third-order valence-electron chi connectivity index (χ3n) is 2.66. The predicted molar refractivity (Wildman–Crippen MR) is 69.9 cm³/mol. The lowest BCUT2D eigenvalue weighted by Crippen LogP contribution is -2.12. The summed E-state index contributed by atoms with van der Waals surface area (Å²) in [7, 11) is 1.64. The molecule has 0 fully saturated rings. The molecule has 0 amide bonds. The highest BCUT2D eigenvalue weighted by molar-refractivity contribution is 5.38. The molecule has 1 aromatic heterocycles. The fourth-order valence-corrected chi connectivity index (χ4v) is 1.65. The zero-order valence-corrected chi connectivity index (χ0v) is 10.3. The lowest BCUT2D eigenvalue weighted by molar-refractivity contribution is 0.414. The highest BCUT2D eigenvalue weighted by Gasteiger charge is 2.06. The van der Waals surface area contributed by atoms with Crippen molar-refractivity contribution < 1.29 is 4.74 Å². The van der Waals surface area contributed by atoms with E-state index in [2.05, 4.69) is 15.3 Å². The number of nitrogens with zero attached hydrogens (tertiary/aromatic N) is 1. The second-order valence-corrected chi connectivity index (χ2v) is 3.94. The van der Waals surface area contributed by atoms with E-state index in [1.807, 2.05) is 31.2 Å². The number of H-pyrrole nitrogens is 1. The van der Waals surface area contributed by atoms with Crippen LogP contribution in [0.3, 0.4) is 0 Å². The summed E-state index contributed by atoms with van der Waals surface area (Å²) in [4.78, 5) is 17.7. The molecule has 1 aromatic carbocycles. The molecule has 0 aliphatic carbocycles. The molecule has 1 unspecified atom stereocenters. The van der Waals surface area contributed by atoms with Crippen molar-refractivity contribution >= 4 is 5.82 Å². The molecular weight excluding hydrogens is 230 g/mol. The van der Waals surface area contributed by atoms with Crippen molar-refractivity contribution in [2.75, 3.05) is 12.4 Å². The van der Waals surface area contributed by atoms with Gasteiger partial charge in [0.1, 0.15) is 11.6 Å². The van der Waals surface area contributed by atoms with Gasteiger partial charge in [0.2, 0.25) is 0 Å². The largest absolute Gasteiger partial charge is 0.497 e. The number of anilines is 1. The quantitative estimate of drug-likeness (QED) is 0.864. The monoisotopic (exact) mass is 245 g/mol. The molecule has 0 saturated heterocycles. The maximum Gasteiger partial charge on any atom is 0.252 e. The summed E-state index contributed by atoms with van der Waals surface area (Å²) in [6.07, 6.45) is 1.38. The molecule has 1 heterocycles. The van der Waals surface area contributed by atoms with Crippen LogP contribution in [0.2, 0.25) is 0 Å². The van der Waals surface area contributed by atoms with E-state index >= 15 is 0 Å². The number of ether oxygens (including phenoxy) is 1. The Morgan fingerprint density at radius 2 is 2.06 bits per heavy atom. The summed E-state index contributed by atoms with van der Waals surface area (Å²) in [6, 6.07) is 9.25. The third kappa shape index (κ3) is 2.88. The highest BCUT2D eigenvalue weighted by atomic mass is 16.5. The summed E-state index contributed by atoms with van der Waals surface area (Å²) < 4.78 is 5.10. The van der Waals surface area contributed by atoms with E-state index in [0.29, 0.717) is 5.82 Å². The van der Waals surface area contributed by atoms with Gasteiger partial charge in [-0.05, 0) is 24.6 Å². The van der Waals surface area contributed by atoms with Crippen LogP contribution in [0.25, 0.3) is 0 Å². The first kappa shape index (κ1) is 12.2. The van der Waals surface area contributed by atoms with Gasteiger partial charge in [-0.15, -0.1) is 0 Å². The molecule has 2 N–H and O–H groups in total. The Labute approximate surface area is 105 Å². The summed E-state index contributed by atoms with van der Waals surface area (Å²) >= 11 is 0. The van der Waals surface area contributed by atoms with Gasteiger partial charge in [-0.2, -0.15) is 0 Å². The van der Waals surface area contributed by atoms with Crippen molar-refractivity contribution in [1.82, 2.24) is 9.97 Å². The molecule has 0 spiro atoms. The van der Waals surface area contributed by atoms with Crippen molar-refractivity contribution in [1.29, 1.82) is 0 Å². The van der Waals surface area contributed by atoms with Crippen LogP contribution in [-0.2, 0) is 0 Å². The van der Waals surface area contributed by atoms with E-state index < -0.39 is 0 Å². The van der Waals surface area contributed by atoms with Crippen molar-refractivity contribution in [3.05, 3.63) is 52.6 Å². The number of methoxy groups -OCH3 is 1. The first-order chi connectivity index (χ1) is 8.69. The number of rotatable bonds is 4. The summed E-state index contributed by atoms with van der Waals surface area (Å²) in [6.45, 7) is 2.00. The van der Waals surface area contributed by atoms with Crippen LogP contribution in [0, 0.1) is 0 Å². The number of nitrogens with one attached hydrogen (secondary N) is 2. The summed E-state index contributed by atoms with van der Waals surface area (Å²) in [5.74, 6) is 1.38. The smallest absolute Gasteiger partial charge is 0.252 e. The second-order valence-electron chi connectivity index (χ2n) is 3.94. The van der Waals surface area contributed by atoms with E-state index in [1.54, 1.807) is 7.11 Å². The Morgan fingerprint density at radius 3 is 2.67 bits per heavy atom. The standard InChI is InChI=1S/C13H15N3O2/c1-9(10-3-5-11(18-2)6-4-10)16-12-7-13(17)15-8-14-12/h3-9H,1-2H3,(H2,14,15,16,17). The maximum atomic E-state index is 11.1. The fourth-order valence-electron chi connectivity index (χ4n) is 1.65. The number of hydrogen-bond donors (Lipinski definition) is 2. The fraction of sp³-hybridized carbons (Fsp3) is 0.231. The van der Waals surface area contributed by atoms with E-state index in [0.717, 1.165) is 11.3 Å². The first-order valence-electron chi connectivity index (χ1n) is 5.64. The number of aromatic nitrogens is 2. The Bertz CT molecular complexity index is 563. The lowest BCUT2D eigenvalue weighted by Gasteiger charge is -2.14. The minimum Gasteiger partial charge on any atom is -0.497 e. The molecule has 0 aliphatic rings. The molecule has 5 nitrogen and oxygen atoms in total. The minimum absolute atomic E-state index is 0.0604. The zero-order valence-electron chi connectivity index (χ0n) is 10.3. The third-order valence-corrected chi connectivity index (χ3v) is 2.66. The average molecular weight is 245 g/mol. The molecular formula is C13H15N3O2. The van der Waals surface area contributed by atoms with Gasteiger partial charge in [-0.25, -0.2) is 4.98 Å². The molecule has 94 valence electrons. The Morgan fingerprint density at radius 1 is 1.33 bits per heavy atom. The van der Waals surface area contributed by atoms with Crippen LogP contribution in [0.15, 0.2) is 41.5 Å². The number of benzene rings is 1. The van der Waals surface area contributed by atoms with Crippen molar-refractivity contribution in [3.63, 3.8) is 0 Å². The van der Waals surface area contributed by atoms with Crippen molar-refractivity contribution in [2.45, 2.75) is 13.0 Å². The van der Waals surface area contributed by atoms with Gasteiger partial charge in [-0.3, -0.25) is 4.79 Å². The SMILES string of the molecule is COc1ccc(C(C)Nc2cc(=O)[nH]cn2)cc1. The van der Waals surface area contributed by atoms with Crippen LogP contribution >= 0.6 is 0 Å². The number of hydrogen-bond acceptors (Lipinski definition) is 4. The van der Waals surface area contributed by atoms with Crippen LogP contribution in [0.1, 0.15) is 18.5 Å². The van der Waals surface area contributed by atoms with E-state index in [4.69, 9.17) is 4.74 Å². The first-order valence-corrected chi connectivity index (χ1v) is 5.64. The van der Waals surface area contributed by atoms with E-state index in [1.165, 1.54) is 12.4 Å². The van der Waals surface area contributed by atoms with Gasteiger partial charge in [0, 0.05) is 12.1 Å². The molecule has 0 saturated carbocycles. The maximum absolute atomic E-state index is 11.1. The number of aromatic amines is 1. The molecule has 18 heavy (non-hydrogen) atoms.